The number of hydrogen-bond acceptors (Lipinski definition) is 2. The molecule has 1 unspecified atom stereocenters. The highest BCUT2D eigenvalue weighted by Crippen LogP contribution is 2.32. The van der Waals surface area contributed by atoms with E-state index in [9.17, 15) is 4.79 Å². The van der Waals surface area contributed by atoms with Crippen molar-refractivity contribution >= 4 is 16.7 Å². The maximum Gasteiger partial charge on any atom is 0.252 e. The van der Waals surface area contributed by atoms with E-state index < -0.39 is 0 Å². The van der Waals surface area contributed by atoms with Crippen molar-refractivity contribution in [3.8, 4) is 0 Å². The summed E-state index contributed by atoms with van der Waals surface area (Å²) in [5, 5.41) is 5.50. The van der Waals surface area contributed by atoms with Gasteiger partial charge in [-0.2, -0.15) is 0 Å². The van der Waals surface area contributed by atoms with E-state index in [1.165, 1.54) is 5.56 Å². The fraction of sp³-hybridized carbons (Fsp3) is 0.261. The minimum absolute atomic E-state index is 0.000882. The Morgan fingerprint density at radius 1 is 0.962 bits per heavy atom. The molecule has 1 saturated heterocycles. The summed E-state index contributed by atoms with van der Waals surface area (Å²) in [4.78, 5) is 15.6. The van der Waals surface area contributed by atoms with Gasteiger partial charge in [-0.1, -0.05) is 66.7 Å². The largest absolute Gasteiger partial charge is 0.341 e. The number of hydrogen-bond donors (Lipinski definition) is 1. The van der Waals surface area contributed by atoms with E-state index in [4.69, 9.17) is 0 Å². The van der Waals surface area contributed by atoms with Gasteiger partial charge in [0.05, 0.1) is 5.54 Å². The Morgan fingerprint density at radius 2 is 1.69 bits per heavy atom. The smallest absolute Gasteiger partial charge is 0.252 e. The summed E-state index contributed by atoms with van der Waals surface area (Å²) in [5.41, 5.74) is 1.58. The minimum atomic E-state index is -0.345. The Bertz CT molecular complexity index is 916. The highest BCUT2D eigenvalue weighted by atomic mass is 16.1. The van der Waals surface area contributed by atoms with E-state index >= 15 is 0 Å². The van der Waals surface area contributed by atoms with Crippen LogP contribution in [0.5, 0.6) is 0 Å². The molecule has 0 saturated carbocycles. The molecule has 3 heteroatoms. The van der Waals surface area contributed by atoms with Crippen LogP contribution in [0.15, 0.2) is 72.8 Å². The molecule has 1 fully saturated rings. The minimum Gasteiger partial charge on any atom is -0.341 e. The van der Waals surface area contributed by atoms with Crippen LogP contribution in [0.1, 0.15) is 28.8 Å². The summed E-state index contributed by atoms with van der Waals surface area (Å²) in [7, 11) is 2.13. The van der Waals surface area contributed by atoms with Crippen molar-refractivity contribution < 1.29 is 4.79 Å². The van der Waals surface area contributed by atoms with E-state index in [1.807, 2.05) is 48.5 Å². The van der Waals surface area contributed by atoms with Crippen LogP contribution in [0.4, 0.5) is 0 Å². The van der Waals surface area contributed by atoms with E-state index in [0.717, 1.165) is 42.3 Å². The Morgan fingerprint density at radius 3 is 2.50 bits per heavy atom. The second-order valence-electron chi connectivity index (χ2n) is 7.27. The highest BCUT2D eigenvalue weighted by molar-refractivity contribution is 6.07. The zero-order valence-corrected chi connectivity index (χ0v) is 15.1. The van der Waals surface area contributed by atoms with Crippen LogP contribution in [-0.4, -0.2) is 30.9 Å². The van der Waals surface area contributed by atoms with Gasteiger partial charge < -0.3 is 10.2 Å². The van der Waals surface area contributed by atoms with Gasteiger partial charge >= 0.3 is 0 Å². The molecule has 3 nitrogen and oxygen atoms in total. The van der Waals surface area contributed by atoms with Gasteiger partial charge in [-0.05, 0) is 48.8 Å². The van der Waals surface area contributed by atoms with Crippen LogP contribution in [0, 0.1) is 0 Å². The summed E-state index contributed by atoms with van der Waals surface area (Å²) in [6.07, 6.45) is 2.03. The fourth-order valence-corrected chi connectivity index (χ4v) is 4.14. The van der Waals surface area contributed by atoms with Crippen LogP contribution in [0.25, 0.3) is 10.8 Å². The fourth-order valence-electron chi connectivity index (χ4n) is 4.14. The van der Waals surface area contributed by atoms with Gasteiger partial charge in [0.15, 0.2) is 0 Å². The number of likely N-dealkylation sites (tertiary alicyclic amines) is 1. The first-order valence-electron chi connectivity index (χ1n) is 9.22. The monoisotopic (exact) mass is 344 g/mol. The van der Waals surface area contributed by atoms with E-state index in [0.29, 0.717) is 0 Å². The maximum atomic E-state index is 13.3. The molecule has 0 bridgehead atoms. The van der Waals surface area contributed by atoms with Crippen LogP contribution in [-0.2, 0) is 5.54 Å². The molecule has 1 aliphatic rings. The van der Waals surface area contributed by atoms with Crippen LogP contribution in [0.3, 0.4) is 0 Å². The third-order valence-electron chi connectivity index (χ3n) is 5.40. The van der Waals surface area contributed by atoms with Crippen LogP contribution >= 0.6 is 0 Å². The Balaban J connectivity index is 1.73. The molecule has 132 valence electrons. The van der Waals surface area contributed by atoms with Crippen LogP contribution in [0.2, 0.25) is 0 Å². The molecule has 0 aromatic heterocycles. The van der Waals surface area contributed by atoms with Gasteiger partial charge in [0.1, 0.15) is 0 Å². The first-order chi connectivity index (χ1) is 12.7. The van der Waals surface area contributed by atoms with Crippen molar-refractivity contribution in [2.45, 2.75) is 18.4 Å². The van der Waals surface area contributed by atoms with Gasteiger partial charge in [0, 0.05) is 12.1 Å². The quantitative estimate of drug-likeness (QED) is 0.773. The third kappa shape index (κ3) is 3.11. The number of carbonyl (C=O) groups is 1. The highest BCUT2D eigenvalue weighted by Gasteiger charge is 2.37. The average molecular weight is 344 g/mol. The number of amides is 1. The van der Waals surface area contributed by atoms with E-state index in [2.05, 4.69) is 41.5 Å². The number of carbonyl (C=O) groups excluding carboxylic acids is 1. The Kier molecular flexibility index (Phi) is 4.48. The predicted molar refractivity (Wildman–Crippen MR) is 106 cm³/mol. The molecule has 3 aromatic carbocycles. The molecule has 3 aromatic rings. The van der Waals surface area contributed by atoms with Crippen molar-refractivity contribution in [1.29, 1.82) is 0 Å². The van der Waals surface area contributed by atoms with E-state index in [1.54, 1.807) is 0 Å². The Hall–Kier alpha value is -2.65. The maximum absolute atomic E-state index is 13.3. The number of benzene rings is 3. The van der Waals surface area contributed by atoms with Crippen molar-refractivity contribution in [1.82, 2.24) is 10.2 Å². The number of rotatable bonds is 3. The number of likely N-dealkylation sites (N-methyl/N-ethyl adjacent to an activating group) is 1. The number of piperidine rings is 1. The van der Waals surface area contributed by atoms with Gasteiger partial charge in [-0.25, -0.2) is 0 Å². The molecule has 0 spiro atoms. The zero-order chi connectivity index (χ0) is 18.0. The normalized spacial score (nSPS) is 20.8. The summed E-state index contributed by atoms with van der Waals surface area (Å²) in [5.74, 6) is 0.000882. The lowest BCUT2D eigenvalue weighted by molar-refractivity contribution is 0.0809. The molecule has 4 rings (SSSR count). The predicted octanol–water partition coefficient (Wildman–Crippen LogP) is 4.19. The molecule has 1 N–H and O–H groups in total. The van der Waals surface area contributed by atoms with Crippen molar-refractivity contribution in [2.24, 2.45) is 0 Å². The second kappa shape index (κ2) is 6.93. The third-order valence-corrected chi connectivity index (χ3v) is 5.40. The standard InChI is InChI=1S/C23H24N2O/c1-25-16-8-15-23(17-25,19-11-3-2-4-12-19)24-22(26)21-14-7-10-18-9-5-6-13-20(18)21/h2-7,9-14H,8,15-17H2,1H3,(H,24,26). The molecule has 26 heavy (non-hydrogen) atoms. The summed E-state index contributed by atoms with van der Waals surface area (Å²) in [6.45, 7) is 1.90. The summed E-state index contributed by atoms with van der Waals surface area (Å²) in [6, 6.07) is 24.4. The second-order valence-corrected chi connectivity index (χ2v) is 7.27. The zero-order valence-electron chi connectivity index (χ0n) is 15.1. The van der Waals surface area contributed by atoms with Gasteiger partial charge in [-0.3, -0.25) is 4.79 Å². The number of nitrogens with one attached hydrogen (secondary N) is 1. The molecule has 0 radical (unpaired) electrons. The SMILES string of the molecule is CN1CCCC(NC(=O)c2cccc3ccccc23)(c2ccccc2)C1. The molecule has 1 heterocycles. The topological polar surface area (TPSA) is 32.3 Å². The molecule has 1 amide bonds. The van der Waals surface area contributed by atoms with E-state index in [-0.39, 0.29) is 11.4 Å². The summed E-state index contributed by atoms with van der Waals surface area (Å²) >= 11 is 0. The molecule has 0 aliphatic carbocycles. The number of nitrogens with zero attached hydrogens (tertiary/aromatic N) is 1. The molecule has 1 atom stereocenters. The summed E-state index contributed by atoms with van der Waals surface area (Å²) < 4.78 is 0. The van der Waals surface area contributed by atoms with Crippen molar-refractivity contribution in [3.05, 3.63) is 83.9 Å². The van der Waals surface area contributed by atoms with Crippen LogP contribution < -0.4 is 5.32 Å². The van der Waals surface area contributed by atoms with Gasteiger partial charge in [0.25, 0.3) is 5.91 Å². The lowest BCUT2D eigenvalue weighted by Crippen LogP contribution is -2.55. The van der Waals surface area contributed by atoms with Crippen molar-refractivity contribution in [2.75, 3.05) is 20.1 Å². The first-order valence-corrected chi connectivity index (χ1v) is 9.22. The molecular weight excluding hydrogens is 320 g/mol. The molecule has 1 aliphatic heterocycles. The Labute approximate surface area is 154 Å². The van der Waals surface area contributed by atoms with Crippen molar-refractivity contribution in [3.63, 3.8) is 0 Å². The van der Waals surface area contributed by atoms with Gasteiger partial charge in [0.2, 0.25) is 0 Å². The van der Waals surface area contributed by atoms with Gasteiger partial charge in [-0.15, -0.1) is 0 Å². The molecular formula is C23H24N2O. The average Bonchev–Trinajstić information content (AvgIpc) is 2.68. The lowest BCUT2D eigenvalue weighted by atomic mass is 9.82. The lowest BCUT2D eigenvalue weighted by Gasteiger charge is -2.42. The number of fused-ring (bicyclic) bond motifs is 1. The first kappa shape index (κ1) is 16.8.